The van der Waals surface area contributed by atoms with Gasteiger partial charge in [0.1, 0.15) is 0 Å². The van der Waals surface area contributed by atoms with Crippen LogP contribution in [0.4, 0.5) is 5.69 Å². The maximum absolute atomic E-state index is 13.0. The molecule has 3 amide bonds. The minimum atomic E-state index is -0.438. The van der Waals surface area contributed by atoms with Gasteiger partial charge < -0.3 is 16.0 Å². The van der Waals surface area contributed by atoms with E-state index in [0.717, 1.165) is 24.1 Å². The number of piperidine rings is 1. The number of nitrogens with zero attached hydrogens (tertiary/aromatic N) is 2. The van der Waals surface area contributed by atoms with Gasteiger partial charge in [-0.25, -0.2) is 0 Å². The zero-order valence-electron chi connectivity index (χ0n) is 18.2. The number of hydrogen-bond acceptors (Lipinski definition) is 4. The van der Waals surface area contributed by atoms with E-state index in [4.69, 9.17) is 5.73 Å². The van der Waals surface area contributed by atoms with Gasteiger partial charge in [0.25, 0.3) is 0 Å². The van der Waals surface area contributed by atoms with Gasteiger partial charge in [-0.1, -0.05) is 30.3 Å². The molecular weight excluding hydrogens is 404 g/mol. The molecule has 7 heteroatoms. The summed E-state index contributed by atoms with van der Waals surface area (Å²) in [5.74, 6) is -0.357. The van der Waals surface area contributed by atoms with Crippen molar-refractivity contribution in [2.75, 3.05) is 25.0 Å². The third kappa shape index (κ3) is 5.73. The highest BCUT2D eigenvalue weighted by molar-refractivity contribution is 5.93. The molecule has 32 heavy (non-hydrogen) atoms. The number of carbonyl (C=O) groups is 3. The Balaban J connectivity index is 1.27. The molecule has 168 valence electrons. The van der Waals surface area contributed by atoms with Gasteiger partial charge in [0, 0.05) is 42.8 Å². The van der Waals surface area contributed by atoms with E-state index in [0.29, 0.717) is 50.6 Å². The van der Waals surface area contributed by atoms with Crippen molar-refractivity contribution in [3.63, 3.8) is 0 Å². The van der Waals surface area contributed by atoms with Crippen LogP contribution in [-0.2, 0) is 16.1 Å². The third-order valence-electron chi connectivity index (χ3n) is 6.29. The van der Waals surface area contributed by atoms with E-state index >= 15 is 0 Å². The van der Waals surface area contributed by atoms with Crippen LogP contribution in [0.3, 0.4) is 0 Å². The first-order valence-corrected chi connectivity index (χ1v) is 11.3. The molecule has 2 aliphatic rings. The Hall–Kier alpha value is -3.19. The Bertz CT molecular complexity index is 949. The fourth-order valence-electron chi connectivity index (χ4n) is 4.19. The second-order valence-corrected chi connectivity index (χ2v) is 8.71. The van der Waals surface area contributed by atoms with Crippen LogP contribution in [0.2, 0.25) is 0 Å². The van der Waals surface area contributed by atoms with Crippen LogP contribution in [0.1, 0.15) is 41.6 Å². The number of rotatable bonds is 8. The molecule has 0 aromatic heterocycles. The van der Waals surface area contributed by atoms with Gasteiger partial charge in [0.15, 0.2) is 0 Å². The Morgan fingerprint density at radius 3 is 2.19 bits per heavy atom. The molecule has 1 saturated heterocycles. The normalized spacial score (nSPS) is 16.7. The number of amides is 3. The summed E-state index contributed by atoms with van der Waals surface area (Å²) >= 11 is 0. The van der Waals surface area contributed by atoms with E-state index in [1.165, 1.54) is 0 Å². The Kier molecular flexibility index (Phi) is 6.85. The molecule has 0 spiro atoms. The van der Waals surface area contributed by atoms with Crippen molar-refractivity contribution in [3.8, 4) is 0 Å². The summed E-state index contributed by atoms with van der Waals surface area (Å²) in [5, 5.41) is 2.97. The van der Waals surface area contributed by atoms with Crippen molar-refractivity contribution in [1.82, 2.24) is 9.80 Å². The average molecular weight is 435 g/mol. The van der Waals surface area contributed by atoms with E-state index in [1.807, 2.05) is 47.4 Å². The molecule has 2 aromatic rings. The van der Waals surface area contributed by atoms with Gasteiger partial charge >= 0.3 is 0 Å². The van der Waals surface area contributed by atoms with Gasteiger partial charge in [-0.2, -0.15) is 0 Å². The van der Waals surface area contributed by atoms with Gasteiger partial charge in [-0.3, -0.25) is 19.3 Å². The van der Waals surface area contributed by atoms with Crippen molar-refractivity contribution in [3.05, 3.63) is 65.7 Å². The summed E-state index contributed by atoms with van der Waals surface area (Å²) in [6, 6.07) is 17.2. The van der Waals surface area contributed by atoms with Crippen LogP contribution in [0.25, 0.3) is 0 Å². The Labute approximate surface area is 188 Å². The molecule has 4 rings (SSSR count). The smallest absolute Gasteiger partial charge is 0.248 e. The summed E-state index contributed by atoms with van der Waals surface area (Å²) in [4.78, 5) is 40.9. The van der Waals surface area contributed by atoms with Gasteiger partial charge in [0.2, 0.25) is 17.7 Å². The second-order valence-electron chi connectivity index (χ2n) is 8.71. The molecular formula is C25H30N4O3. The average Bonchev–Trinajstić information content (AvgIpc) is 3.65. The number of nitrogens with two attached hydrogens (primary N) is 1. The van der Waals surface area contributed by atoms with Crippen molar-refractivity contribution < 1.29 is 14.4 Å². The standard InChI is InChI=1S/C25H30N4O3/c26-24(31)19-8-6-18(7-9-19)16-29(22-10-11-22)17-23(30)28-14-12-20(13-15-28)25(32)27-21-4-2-1-3-5-21/h1-9,20,22H,10-17H2,(H2,26,31)(H,27,32). The number of para-hydroxylation sites is 1. The number of carbonyl (C=O) groups excluding carboxylic acids is 3. The predicted molar refractivity (Wildman–Crippen MR) is 123 cm³/mol. The zero-order chi connectivity index (χ0) is 22.5. The van der Waals surface area contributed by atoms with Crippen molar-refractivity contribution in [2.24, 2.45) is 11.7 Å². The monoisotopic (exact) mass is 434 g/mol. The minimum absolute atomic E-state index is 0.0299. The first kappa shape index (κ1) is 22.0. The fourth-order valence-corrected chi connectivity index (χ4v) is 4.19. The van der Waals surface area contributed by atoms with Crippen molar-refractivity contribution in [1.29, 1.82) is 0 Å². The molecule has 2 fully saturated rings. The van der Waals surface area contributed by atoms with E-state index in [-0.39, 0.29) is 17.7 Å². The molecule has 1 aliphatic carbocycles. The third-order valence-corrected chi connectivity index (χ3v) is 6.29. The highest BCUT2D eigenvalue weighted by Gasteiger charge is 2.33. The van der Waals surface area contributed by atoms with Gasteiger partial charge in [0.05, 0.1) is 6.54 Å². The second kappa shape index (κ2) is 9.96. The topological polar surface area (TPSA) is 95.7 Å². The number of hydrogen-bond donors (Lipinski definition) is 2. The van der Waals surface area contributed by atoms with E-state index in [2.05, 4.69) is 10.2 Å². The molecule has 0 atom stereocenters. The molecule has 1 heterocycles. The summed E-state index contributed by atoms with van der Waals surface area (Å²) < 4.78 is 0. The lowest BCUT2D eigenvalue weighted by Gasteiger charge is -2.33. The molecule has 2 aromatic carbocycles. The number of anilines is 1. The molecule has 7 nitrogen and oxygen atoms in total. The maximum atomic E-state index is 13.0. The summed E-state index contributed by atoms with van der Waals surface area (Å²) in [5.41, 5.74) is 7.67. The van der Waals surface area contributed by atoms with Crippen LogP contribution in [0.5, 0.6) is 0 Å². The summed E-state index contributed by atoms with van der Waals surface area (Å²) in [6.07, 6.45) is 3.58. The highest BCUT2D eigenvalue weighted by atomic mass is 16.2. The van der Waals surface area contributed by atoms with Gasteiger partial charge in [-0.15, -0.1) is 0 Å². The van der Waals surface area contributed by atoms with Crippen molar-refractivity contribution in [2.45, 2.75) is 38.3 Å². The lowest BCUT2D eigenvalue weighted by Crippen LogP contribution is -2.46. The van der Waals surface area contributed by atoms with Crippen LogP contribution in [-0.4, -0.2) is 53.2 Å². The minimum Gasteiger partial charge on any atom is -0.366 e. The first-order chi connectivity index (χ1) is 15.5. The SMILES string of the molecule is NC(=O)c1ccc(CN(CC(=O)N2CCC(C(=O)Nc3ccccc3)CC2)C2CC2)cc1. The quantitative estimate of drug-likeness (QED) is 0.668. The number of likely N-dealkylation sites (tertiary alicyclic amines) is 1. The lowest BCUT2D eigenvalue weighted by atomic mass is 9.95. The highest BCUT2D eigenvalue weighted by Crippen LogP contribution is 2.29. The molecule has 1 saturated carbocycles. The van der Waals surface area contributed by atoms with E-state index in [9.17, 15) is 14.4 Å². The zero-order valence-corrected chi connectivity index (χ0v) is 18.2. The molecule has 0 radical (unpaired) electrons. The summed E-state index contributed by atoms with van der Waals surface area (Å²) in [6.45, 7) is 2.27. The van der Waals surface area contributed by atoms with Gasteiger partial charge in [-0.05, 0) is 55.5 Å². The Morgan fingerprint density at radius 1 is 0.938 bits per heavy atom. The summed E-state index contributed by atoms with van der Waals surface area (Å²) in [7, 11) is 0. The maximum Gasteiger partial charge on any atom is 0.248 e. The molecule has 0 bridgehead atoms. The largest absolute Gasteiger partial charge is 0.366 e. The molecule has 0 unspecified atom stereocenters. The van der Waals surface area contributed by atoms with Crippen LogP contribution >= 0.6 is 0 Å². The fraction of sp³-hybridized carbons (Fsp3) is 0.400. The number of nitrogens with one attached hydrogen (secondary N) is 1. The molecule has 1 aliphatic heterocycles. The predicted octanol–water partition coefficient (Wildman–Crippen LogP) is 2.63. The first-order valence-electron chi connectivity index (χ1n) is 11.3. The lowest BCUT2D eigenvalue weighted by molar-refractivity contribution is -0.135. The van der Waals surface area contributed by atoms with E-state index < -0.39 is 5.91 Å². The number of primary amides is 1. The molecule has 3 N–H and O–H groups in total. The number of benzene rings is 2. The van der Waals surface area contributed by atoms with E-state index in [1.54, 1.807) is 12.1 Å². The van der Waals surface area contributed by atoms with Crippen molar-refractivity contribution >= 4 is 23.4 Å². The van der Waals surface area contributed by atoms with Crippen LogP contribution < -0.4 is 11.1 Å². The Morgan fingerprint density at radius 2 is 1.59 bits per heavy atom. The van der Waals surface area contributed by atoms with Crippen LogP contribution in [0.15, 0.2) is 54.6 Å². The van der Waals surface area contributed by atoms with Crippen LogP contribution in [0, 0.1) is 5.92 Å².